The number of amides is 1. The second-order valence-electron chi connectivity index (χ2n) is 6.32. The van der Waals surface area contributed by atoms with Gasteiger partial charge < -0.3 is 10.1 Å². The quantitative estimate of drug-likeness (QED) is 0.383. The Balaban J connectivity index is 1.72. The maximum absolute atomic E-state index is 12.2. The van der Waals surface area contributed by atoms with Gasteiger partial charge in [-0.05, 0) is 36.8 Å². The van der Waals surface area contributed by atoms with Crippen LogP contribution in [0.25, 0.3) is 0 Å². The fourth-order valence-electron chi connectivity index (χ4n) is 2.59. The third kappa shape index (κ3) is 4.98. The predicted molar refractivity (Wildman–Crippen MR) is 111 cm³/mol. The van der Waals surface area contributed by atoms with Crippen LogP contribution in [0.1, 0.15) is 21.5 Å². The van der Waals surface area contributed by atoms with Gasteiger partial charge >= 0.3 is 5.69 Å². The molecule has 0 aliphatic carbocycles. The van der Waals surface area contributed by atoms with Crippen molar-refractivity contribution in [2.24, 2.45) is 0 Å². The van der Waals surface area contributed by atoms with Crippen LogP contribution in [0.5, 0.6) is 5.75 Å². The Bertz CT molecular complexity index is 1040. The number of hydrazine groups is 1. The van der Waals surface area contributed by atoms with Crippen molar-refractivity contribution in [2.45, 2.75) is 13.5 Å². The molecule has 0 fully saturated rings. The van der Waals surface area contributed by atoms with Crippen LogP contribution in [0, 0.1) is 17.0 Å². The first-order valence-electron chi connectivity index (χ1n) is 8.97. The molecule has 3 rings (SSSR count). The molecule has 1 heterocycles. The minimum absolute atomic E-state index is 0.0258. The minimum Gasteiger partial charge on any atom is -0.497 e. The highest BCUT2D eigenvalue weighted by Crippen LogP contribution is 2.28. The average Bonchev–Trinajstić information content (AvgIpc) is 2.76. The zero-order valence-corrected chi connectivity index (χ0v) is 16.4. The fraction of sp³-hybridized carbons (Fsp3) is 0.150. The average molecular weight is 408 g/mol. The van der Waals surface area contributed by atoms with Gasteiger partial charge in [-0.3, -0.25) is 25.8 Å². The lowest BCUT2D eigenvalue weighted by Crippen LogP contribution is -2.30. The van der Waals surface area contributed by atoms with Gasteiger partial charge in [-0.2, -0.15) is 0 Å². The number of aryl methyl sites for hydroxylation is 1. The molecule has 10 heteroatoms. The number of nitro groups is 1. The van der Waals surface area contributed by atoms with E-state index in [0.29, 0.717) is 17.9 Å². The van der Waals surface area contributed by atoms with E-state index < -0.39 is 10.8 Å². The highest BCUT2D eigenvalue weighted by molar-refractivity contribution is 5.95. The van der Waals surface area contributed by atoms with Gasteiger partial charge in [0, 0.05) is 12.1 Å². The molecule has 0 saturated carbocycles. The fourth-order valence-corrected chi connectivity index (χ4v) is 2.59. The van der Waals surface area contributed by atoms with Crippen molar-refractivity contribution < 1.29 is 14.5 Å². The zero-order chi connectivity index (χ0) is 21.5. The molecule has 3 N–H and O–H groups in total. The SMILES string of the molecule is COc1ccc(CNc2ncnc(NNC(=O)c3ccc(C)cc3)c2[N+](=O)[O-])cc1. The lowest BCUT2D eigenvalue weighted by Gasteiger charge is -2.11. The van der Waals surface area contributed by atoms with Crippen molar-refractivity contribution in [1.82, 2.24) is 15.4 Å². The van der Waals surface area contributed by atoms with Gasteiger partial charge in [0.2, 0.25) is 11.6 Å². The predicted octanol–water partition coefficient (Wildman–Crippen LogP) is 3.07. The van der Waals surface area contributed by atoms with Crippen LogP contribution in [0.15, 0.2) is 54.9 Å². The molecule has 0 atom stereocenters. The molecule has 0 aliphatic rings. The molecule has 0 unspecified atom stereocenters. The summed E-state index contributed by atoms with van der Waals surface area (Å²) in [6, 6.07) is 14.1. The van der Waals surface area contributed by atoms with E-state index in [1.165, 1.54) is 6.33 Å². The number of carbonyl (C=O) groups excluding carboxylic acids is 1. The number of nitrogens with zero attached hydrogens (tertiary/aromatic N) is 3. The van der Waals surface area contributed by atoms with Crippen LogP contribution in [-0.4, -0.2) is 27.9 Å². The van der Waals surface area contributed by atoms with Crippen LogP contribution >= 0.6 is 0 Å². The van der Waals surface area contributed by atoms with Crippen molar-refractivity contribution in [2.75, 3.05) is 17.9 Å². The van der Waals surface area contributed by atoms with Gasteiger partial charge in [0.05, 0.1) is 12.0 Å². The first kappa shape index (κ1) is 20.5. The molecular weight excluding hydrogens is 388 g/mol. The van der Waals surface area contributed by atoms with Crippen LogP contribution in [-0.2, 0) is 6.54 Å². The molecule has 10 nitrogen and oxygen atoms in total. The molecule has 0 bridgehead atoms. The van der Waals surface area contributed by atoms with Crippen molar-refractivity contribution in [1.29, 1.82) is 0 Å². The van der Waals surface area contributed by atoms with E-state index in [2.05, 4.69) is 26.1 Å². The second kappa shape index (κ2) is 9.32. The Morgan fingerprint density at radius 1 is 1.07 bits per heavy atom. The van der Waals surface area contributed by atoms with E-state index in [1.807, 2.05) is 19.1 Å². The number of hydrogen-bond donors (Lipinski definition) is 3. The summed E-state index contributed by atoms with van der Waals surface area (Å²) in [6.07, 6.45) is 1.17. The Kier molecular flexibility index (Phi) is 6.38. The Morgan fingerprint density at radius 2 is 1.73 bits per heavy atom. The third-order valence-corrected chi connectivity index (χ3v) is 4.23. The summed E-state index contributed by atoms with van der Waals surface area (Å²) in [4.78, 5) is 31.1. The lowest BCUT2D eigenvalue weighted by molar-refractivity contribution is -0.383. The Morgan fingerprint density at radius 3 is 2.37 bits per heavy atom. The highest BCUT2D eigenvalue weighted by atomic mass is 16.6. The standard InChI is InChI=1S/C20H20N6O4/c1-13-3-7-15(8-4-13)20(27)25-24-19-17(26(28)29)18(22-12-23-19)21-11-14-5-9-16(30-2)10-6-14/h3-10,12H,11H2,1-2H3,(H,25,27)(H2,21,22,23,24). The number of benzene rings is 2. The van der Waals surface area contributed by atoms with Crippen molar-refractivity contribution in [3.8, 4) is 5.75 Å². The summed E-state index contributed by atoms with van der Waals surface area (Å²) in [6.45, 7) is 2.21. The van der Waals surface area contributed by atoms with E-state index in [0.717, 1.165) is 11.1 Å². The number of anilines is 2. The maximum Gasteiger partial charge on any atom is 0.354 e. The second-order valence-corrected chi connectivity index (χ2v) is 6.32. The van der Waals surface area contributed by atoms with Crippen LogP contribution < -0.4 is 20.9 Å². The monoisotopic (exact) mass is 408 g/mol. The van der Waals surface area contributed by atoms with Gasteiger partial charge in [0.25, 0.3) is 5.91 Å². The zero-order valence-electron chi connectivity index (χ0n) is 16.4. The highest BCUT2D eigenvalue weighted by Gasteiger charge is 2.23. The number of nitrogens with one attached hydrogen (secondary N) is 3. The Labute approximate surface area is 172 Å². The molecule has 154 valence electrons. The summed E-state index contributed by atoms with van der Waals surface area (Å²) in [5, 5.41) is 14.5. The van der Waals surface area contributed by atoms with Gasteiger partial charge in [0.15, 0.2) is 0 Å². The summed E-state index contributed by atoms with van der Waals surface area (Å²) in [7, 11) is 1.57. The van der Waals surface area contributed by atoms with Crippen molar-refractivity contribution >= 4 is 23.2 Å². The normalized spacial score (nSPS) is 10.2. The molecule has 30 heavy (non-hydrogen) atoms. The first-order chi connectivity index (χ1) is 14.5. The summed E-state index contributed by atoms with van der Waals surface area (Å²) < 4.78 is 5.11. The van der Waals surface area contributed by atoms with E-state index in [-0.39, 0.29) is 17.3 Å². The number of carbonyl (C=O) groups is 1. The van der Waals surface area contributed by atoms with E-state index in [1.54, 1.807) is 43.5 Å². The van der Waals surface area contributed by atoms with Crippen LogP contribution in [0.3, 0.4) is 0 Å². The van der Waals surface area contributed by atoms with Gasteiger partial charge in [-0.15, -0.1) is 0 Å². The largest absolute Gasteiger partial charge is 0.497 e. The topological polar surface area (TPSA) is 131 Å². The maximum atomic E-state index is 12.2. The smallest absolute Gasteiger partial charge is 0.354 e. The number of ether oxygens (including phenoxy) is 1. The van der Waals surface area contributed by atoms with Crippen LogP contribution in [0.2, 0.25) is 0 Å². The molecule has 0 aliphatic heterocycles. The Hall–Kier alpha value is -4.21. The summed E-state index contributed by atoms with van der Waals surface area (Å²) in [5.41, 5.74) is 6.85. The summed E-state index contributed by atoms with van der Waals surface area (Å²) >= 11 is 0. The minimum atomic E-state index is -0.614. The number of hydrogen-bond acceptors (Lipinski definition) is 8. The molecule has 0 saturated heterocycles. The van der Waals surface area contributed by atoms with Crippen LogP contribution in [0.4, 0.5) is 17.3 Å². The number of methoxy groups -OCH3 is 1. The summed E-state index contributed by atoms with van der Waals surface area (Å²) in [5.74, 6) is 0.156. The van der Waals surface area contributed by atoms with Crippen molar-refractivity contribution in [3.63, 3.8) is 0 Å². The van der Waals surface area contributed by atoms with Gasteiger partial charge in [0.1, 0.15) is 12.1 Å². The first-order valence-corrected chi connectivity index (χ1v) is 8.97. The lowest BCUT2D eigenvalue weighted by atomic mass is 10.1. The molecule has 2 aromatic carbocycles. The molecule has 1 aromatic heterocycles. The van der Waals surface area contributed by atoms with Crippen molar-refractivity contribution in [3.05, 3.63) is 81.7 Å². The van der Waals surface area contributed by atoms with E-state index in [9.17, 15) is 14.9 Å². The number of aromatic nitrogens is 2. The van der Waals surface area contributed by atoms with E-state index >= 15 is 0 Å². The number of rotatable bonds is 8. The van der Waals surface area contributed by atoms with E-state index in [4.69, 9.17) is 4.74 Å². The molecular formula is C20H20N6O4. The third-order valence-electron chi connectivity index (χ3n) is 4.23. The van der Waals surface area contributed by atoms with Gasteiger partial charge in [-0.1, -0.05) is 29.8 Å². The molecule has 0 radical (unpaired) electrons. The molecule has 0 spiro atoms. The molecule has 1 amide bonds. The molecule has 3 aromatic rings. The van der Waals surface area contributed by atoms with Gasteiger partial charge in [-0.25, -0.2) is 9.97 Å².